The lowest BCUT2D eigenvalue weighted by atomic mass is 9.91. The average Bonchev–Trinajstić information content (AvgIpc) is 2.56. The first-order valence-corrected chi connectivity index (χ1v) is 5.98. The summed E-state index contributed by atoms with van der Waals surface area (Å²) in [6.45, 7) is 2.27. The van der Waals surface area contributed by atoms with Crippen molar-refractivity contribution in [3.8, 4) is 0 Å². The van der Waals surface area contributed by atoms with Gasteiger partial charge in [-0.25, -0.2) is 4.98 Å². The van der Waals surface area contributed by atoms with Crippen LogP contribution in [0.2, 0.25) is 5.02 Å². The molecular weight excluding hydrogens is 222 g/mol. The van der Waals surface area contributed by atoms with Crippen LogP contribution in [0.4, 0.5) is 5.69 Å². The number of anilines is 1. The minimum absolute atomic E-state index is 0.662. The van der Waals surface area contributed by atoms with Crippen LogP contribution in [0.5, 0.6) is 0 Å². The van der Waals surface area contributed by atoms with Crippen LogP contribution in [-0.2, 0) is 12.8 Å². The zero-order valence-corrected chi connectivity index (χ0v) is 9.96. The number of rotatable bonds is 0. The Balaban J connectivity index is 2.29. The monoisotopic (exact) mass is 235 g/mol. The lowest BCUT2D eigenvalue weighted by Gasteiger charge is -2.17. The molecule has 4 heteroatoms. The van der Waals surface area contributed by atoms with E-state index in [9.17, 15) is 0 Å². The summed E-state index contributed by atoms with van der Waals surface area (Å²) in [4.78, 5) is 4.62. The van der Waals surface area contributed by atoms with Crippen molar-refractivity contribution in [2.45, 2.75) is 26.2 Å². The molecular formula is C12H14ClN3. The van der Waals surface area contributed by atoms with Crippen LogP contribution >= 0.6 is 11.6 Å². The molecule has 0 aliphatic heterocycles. The van der Waals surface area contributed by atoms with Gasteiger partial charge in [-0.05, 0) is 31.2 Å². The molecule has 1 atom stereocenters. The molecule has 0 radical (unpaired) electrons. The number of hydrogen-bond donors (Lipinski definition) is 1. The SMILES string of the molecule is CC1CCc2c(nc3c(N)cc(Cl)cn23)C1. The Morgan fingerprint density at radius 2 is 2.38 bits per heavy atom. The average molecular weight is 236 g/mol. The Hall–Kier alpha value is -1.22. The van der Waals surface area contributed by atoms with E-state index >= 15 is 0 Å². The number of nitrogens with zero attached hydrogens (tertiary/aromatic N) is 2. The highest BCUT2D eigenvalue weighted by molar-refractivity contribution is 6.30. The van der Waals surface area contributed by atoms with E-state index in [2.05, 4.69) is 16.3 Å². The summed E-state index contributed by atoms with van der Waals surface area (Å²) in [7, 11) is 0. The van der Waals surface area contributed by atoms with E-state index in [0.29, 0.717) is 16.6 Å². The van der Waals surface area contributed by atoms with Crippen molar-refractivity contribution in [2.24, 2.45) is 5.92 Å². The summed E-state index contributed by atoms with van der Waals surface area (Å²) < 4.78 is 2.05. The van der Waals surface area contributed by atoms with Gasteiger partial charge in [0.15, 0.2) is 5.65 Å². The molecule has 2 N–H and O–H groups in total. The Morgan fingerprint density at radius 1 is 1.56 bits per heavy atom. The zero-order chi connectivity index (χ0) is 11.3. The van der Waals surface area contributed by atoms with Crippen molar-refractivity contribution in [2.75, 3.05) is 5.73 Å². The fourth-order valence-corrected chi connectivity index (χ4v) is 2.69. The van der Waals surface area contributed by atoms with Crippen LogP contribution in [0.15, 0.2) is 12.3 Å². The highest BCUT2D eigenvalue weighted by atomic mass is 35.5. The summed E-state index contributed by atoms with van der Waals surface area (Å²) in [6.07, 6.45) is 5.24. The normalized spacial score (nSPS) is 20.0. The molecule has 2 aromatic heterocycles. The molecule has 3 nitrogen and oxygen atoms in total. The summed E-state index contributed by atoms with van der Waals surface area (Å²) in [5, 5.41) is 0.670. The maximum Gasteiger partial charge on any atom is 0.160 e. The van der Waals surface area contributed by atoms with Gasteiger partial charge in [0.05, 0.1) is 16.4 Å². The standard InChI is InChI=1S/C12H14ClN3/c1-7-2-3-11-10(4-7)15-12-9(14)5-8(13)6-16(11)12/h5-7H,2-4,14H2,1H3. The smallest absolute Gasteiger partial charge is 0.160 e. The molecule has 84 valence electrons. The molecule has 0 bridgehead atoms. The first kappa shape index (κ1) is 9.97. The van der Waals surface area contributed by atoms with Gasteiger partial charge in [-0.15, -0.1) is 0 Å². The second-order valence-electron chi connectivity index (χ2n) is 4.66. The lowest BCUT2D eigenvalue weighted by molar-refractivity contribution is 0.489. The molecule has 16 heavy (non-hydrogen) atoms. The predicted octanol–water partition coefficient (Wildman–Crippen LogP) is 2.69. The zero-order valence-electron chi connectivity index (χ0n) is 9.20. The quantitative estimate of drug-likeness (QED) is 0.763. The highest BCUT2D eigenvalue weighted by Crippen LogP contribution is 2.29. The molecule has 0 saturated carbocycles. The molecule has 2 heterocycles. The summed E-state index contributed by atoms with van der Waals surface area (Å²) in [6, 6.07) is 1.76. The number of nitrogens with two attached hydrogens (primary N) is 1. The Labute approximate surface area is 99.2 Å². The van der Waals surface area contributed by atoms with Crippen molar-refractivity contribution >= 4 is 22.9 Å². The molecule has 0 aromatic carbocycles. The number of fused-ring (bicyclic) bond motifs is 3. The van der Waals surface area contributed by atoms with Crippen LogP contribution in [-0.4, -0.2) is 9.38 Å². The largest absolute Gasteiger partial charge is 0.396 e. The summed E-state index contributed by atoms with van der Waals surface area (Å²) >= 11 is 6.02. The Bertz CT molecular complexity index is 559. The number of aryl methyl sites for hydroxylation is 1. The topological polar surface area (TPSA) is 43.3 Å². The molecule has 0 fully saturated rings. The minimum Gasteiger partial charge on any atom is -0.396 e. The van der Waals surface area contributed by atoms with Gasteiger partial charge in [0.25, 0.3) is 0 Å². The van der Waals surface area contributed by atoms with Crippen molar-refractivity contribution in [3.05, 3.63) is 28.7 Å². The van der Waals surface area contributed by atoms with E-state index < -0.39 is 0 Å². The molecule has 0 spiro atoms. The molecule has 3 rings (SSSR count). The number of aromatic nitrogens is 2. The molecule has 1 aliphatic carbocycles. The number of imidazole rings is 1. The van der Waals surface area contributed by atoms with Crippen molar-refractivity contribution in [1.29, 1.82) is 0 Å². The third-order valence-electron chi connectivity index (χ3n) is 3.31. The van der Waals surface area contributed by atoms with E-state index in [1.807, 2.05) is 6.20 Å². The lowest BCUT2D eigenvalue weighted by Crippen LogP contribution is -2.11. The van der Waals surface area contributed by atoms with Crippen LogP contribution in [0, 0.1) is 5.92 Å². The Kier molecular flexibility index (Phi) is 2.11. The molecule has 0 amide bonds. The third kappa shape index (κ3) is 1.39. The first-order valence-electron chi connectivity index (χ1n) is 5.60. The fraction of sp³-hybridized carbons (Fsp3) is 0.417. The van der Waals surface area contributed by atoms with Crippen molar-refractivity contribution < 1.29 is 0 Å². The summed E-state index contributed by atoms with van der Waals surface area (Å²) in [5.74, 6) is 0.717. The van der Waals surface area contributed by atoms with Gasteiger partial charge in [0, 0.05) is 11.9 Å². The van der Waals surface area contributed by atoms with Crippen molar-refractivity contribution in [1.82, 2.24) is 9.38 Å². The minimum atomic E-state index is 0.662. The number of pyridine rings is 1. The summed E-state index contributed by atoms with van der Waals surface area (Å²) in [5.41, 5.74) is 9.92. The van der Waals surface area contributed by atoms with E-state index in [0.717, 1.165) is 18.5 Å². The second kappa shape index (κ2) is 3.39. The predicted molar refractivity (Wildman–Crippen MR) is 65.8 cm³/mol. The van der Waals surface area contributed by atoms with Gasteiger partial charge in [-0.3, -0.25) is 0 Å². The van der Waals surface area contributed by atoms with E-state index in [-0.39, 0.29) is 0 Å². The number of halogens is 1. The van der Waals surface area contributed by atoms with Crippen LogP contribution in [0.1, 0.15) is 24.7 Å². The van der Waals surface area contributed by atoms with E-state index in [4.69, 9.17) is 17.3 Å². The van der Waals surface area contributed by atoms with Gasteiger partial charge in [-0.1, -0.05) is 18.5 Å². The molecule has 1 aliphatic rings. The second-order valence-corrected chi connectivity index (χ2v) is 5.10. The van der Waals surface area contributed by atoms with E-state index in [1.165, 1.54) is 17.8 Å². The van der Waals surface area contributed by atoms with Gasteiger partial charge >= 0.3 is 0 Å². The maximum atomic E-state index is 6.02. The first-order chi connectivity index (χ1) is 7.65. The van der Waals surface area contributed by atoms with E-state index in [1.54, 1.807) is 6.07 Å². The van der Waals surface area contributed by atoms with Gasteiger partial charge in [0.1, 0.15) is 0 Å². The molecule has 0 saturated heterocycles. The maximum absolute atomic E-state index is 6.02. The van der Waals surface area contributed by atoms with Gasteiger partial charge < -0.3 is 10.1 Å². The van der Waals surface area contributed by atoms with Gasteiger partial charge in [-0.2, -0.15) is 0 Å². The molecule has 2 aromatic rings. The van der Waals surface area contributed by atoms with Crippen LogP contribution in [0.25, 0.3) is 5.65 Å². The number of hydrogen-bond acceptors (Lipinski definition) is 2. The Morgan fingerprint density at radius 3 is 3.19 bits per heavy atom. The van der Waals surface area contributed by atoms with Gasteiger partial charge in [0.2, 0.25) is 0 Å². The number of nitrogen functional groups attached to an aromatic ring is 1. The van der Waals surface area contributed by atoms with Crippen molar-refractivity contribution in [3.63, 3.8) is 0 Å². The van der Waals surface area contributed by atoms with Crippen LogP contribution < -0.4 is 5.73 Å². The highest BCUT2D eigenvalue weighted by Gasteiger charge is 2.21. The third-order valence-corrected chi connectivity index (χ3v) is 3.52. The van der Waals surface area contributed by atoms with Crippen LogP contribution in [0.3, 0.4) is 0 Å². The fourth-order valence-electron chi connectivity index (χ4n) is 2.47. The molecule has 1 unspecified atom stereocenters.